The van der Waals surface area contributed by atoms with E-state index in [0.717, 1.165) is 0 Å². The van der Waals surface area contributed by atoms with E-state index < -0.39 is 34.4 Å². The van der Waals surface area contributed by atoms with Gasteiger partial charge < -0.3 is 24.6 Å². The van der Waals surface area contributed by atoms with E-state index in [1.54, 1.807) is 18.2 Å². The molecule has 0 radical (unpaired) electrons. The Labute approximate surface area is 194 Å². The number of aliphatic hydroxyl groups excluding tert-OH is 1. The lowest BCUT2D eigenvalue weighted by molar-refractivity contribution is -0.384. The predicted molar refractivity (Wildman–Crippen MR) is 119 cm³/mol. The normalized spacial score (nSPS) is 17.0. The first-order valence-electron chi connectivity index (χ1n) is 10.2. The third-order valence-corrected chi connectivity index (χ3v) is 5.42. The van der Waals surface area contributed by atoms with Crippen molar-refractivity contribution in [2.75, 3.05) is 20.8 Å². The molecule has 0 saturated carbocycles. The van der Waals surface area contributed by atoms with Gasteiger partial charge >= 0.3 is 5.97 Å². The third-order valence-electron chi connectivity index (χ3n) is 5.42. The zero-order chi connectivity index (χ0) is 25.0. The Morgan fingerprint density at radius 3 is 2.32 bits per heavy atom. The molecule has 2 aromatic carbocycles. The first-order valence-corrected chi connectivity index (χ1v) is 10.2. The Balaban J connectivity index is 2.17. The van der Waals surface area contributed by atoms with Crippen molar-refractivity contribution in [1.82, 2.24) is 4.90 Å². The van der Waals surface area contributed by atoms with Crippen molar-refractivity contribution in [2.45, 2.75) is 18.9 Å². The Bertz CT molecular complexity index is 1170. The van der Waals surface area contributed by atoms with Crippen molar-refractivity contribution in [3.8, 4) is 11.5 Å². The van der Waals surface area contributed by atoms with Crippen molar-refractivity contribution >= 4 is 29.1 Å². The molecule has 11 nitrogen and oxygen atoms in total. The van der Waals surface area contributed by atoms with Crippen LogP contribution in [0.4, 0.5) is 5.69 Å². The molecule has 1 fully saturated rings. The number of non-ortho nitro benzene ring substituents is 1. The Kier molecular flexibility index (Phi) is 7.15. The minimum Gasteiger partial charge on any atom is -0.507 e. The summed E-state index contributed by atoms with van der Waals surface area (Å²) >= 11 is 0. The van der Waals surface area contributed by atoms with Gasteiger partial charge in [0, 0.05) is 42.3 Å². The summed E-state index contributed by atoms with van der Waals surface area (Å²) in [6.45, 7) is -0.0617. The summed E-state index contributed by atoms with van der Waals surface area (Å²) < 4.78 is 10.6. The summed E-state index contributed by atoms with van der Waals surface area (Å²) in [5.41, 5.74) is 0.0320. The van der Waals surface area contributed by atoms with Crippen molar-refractivity contribution < 1.29 is 39.0 Å². The number of aliphatic carboxylic acids is 1. The van der Waals surface area contributed by atoms with E-state index in [0.29, 0.717) is 11.3 Å². The molecule has 2 N–H and O–H groups in total. The van der Waals surface area contributed by atoms with Gasteiger partial charge in [0.1, 0.15) is 17.3 Å². The highest BCUT2D eigenvalue weighted by molar-refractivity contribution is 6.46. The van der Waals surface area contributed by atoms with Crippen LogP contribution < -0.4 is 9.47 Å². The fourth-order valence-corrected chi connectivity index (χ4v) is 3.78. The maximum absolute atomic E-state index is 13.0. The molecule has 3 rings (SSSR count). The number of rotatable bonds is 9. The number of carbonyl (C=O) groups is 3. The standard InChI is InChI=1S/C23H22N2O9/c1-33-15-9-10-16(17(12-15)34-2)20-19(21(28)13-5-7-14(8-6-13)25(31)32)22(29)23(30)24(20)11-3-4-18(26)27/h5-10,12,20,28H,3-4,11H2,1-2H3,(H,26,27)/b21-19+/t20-/m1/s1. The number of aliphatic hydroxyl groups is 1. The monoisotopic (exact) mass is 470 g/mol. The molecular formula is C23H22N2O9. The van der Waals surface area contributed by atoms with E-state index >= 15 is 0 Å². The zero-order valence-electron chi connectivity index (χ0n) is 18.4. The van der Waals surface area contributed by atoms with Gasteiger partial charge in [0.2, 0.25) is 0 Å². The van der Waals surface area contributed by atoms with Crippen molar-refractivity contribution in [3.63, 3.8) is 0 Å². The number of nitrogens with zero attached hydrogens (tertiary/aromatic N) is 2. The number of carbonyl (C=O) groups excluding carboxylic acids is 2. The Hall–Kier alpha value is -4.41. The average Bonchev–Trinajstić information content (AvgIpc) is 3.07. The number of benzene rings is 2. The molecule has 0 unspecified atom stereocenters. The van der Waals surface area contributed by atoms with Crippen LogP contribution in [0.25, 0.3) is 5.76 Å². The van der Waals surface area contributed by atoms with Crippen LogP contribution in [0.15, 0.2) is 48.0 Å². The van der Waals surface area contributed by atoms with Gasteiger partial charge in [-0.05, 0) is 30.7 Å². The highest BCUT2D eigenvalue weighted by Crippen LogP contribution is 2.43. The van der Waals surface area contributed by atoms with E-state index in [9.17, 15) is 29.6 Å². The van der Waals surface area contributed by atoms with Gasteiger partial charge in [0.25, 0.3) is 17.4 Å². The topological polar surface area (TPSA) is 157 Å². The second-order valence-corrected chi connectivity index (χ2v) is 7.40. The lowest BCUT2D eigenvalue weighted by Gasteiger charge is -2.26. The van der Waals surface area contributed by atoms with Gasteiger partial charge in [0.05, 0.1) is 30.8 Å². The first kappa shape index (κ1) is 24.2. The zero-order valence-corrected chi connectivity index (χ0v) is 18.4. The number of hydrogen-bond donors (Lipinski definition) is 2. The van der Waals surface area contributed by atoms with Crippen LogP contribution >= 0.6 is 0 Å². The summed E-state index contributed by atoms with van der Waals surface area (Å²) in [6.07, 6.45) is -0.146. The molecule has 1 aliphatic heterocycles. The van der Waals surface area contributed by atoms with Crippen molar-refractivity contribution in [1.29, 1.82) is 0 Å². The number of carboxylic acid groups (broad SMARTS) is 1. The fourth-order valence-electron chi connectivity index (χ4n) is 3.78. The van der Waals surface area contributed by atoms with Gasteiger partial charge in [-0.25, -0.2) is 0 Å². The molecule has 1 atom stereocenters. The molecule has 0 spiro atoms. The molecule has 11 heteroatoms. The fraction of sp³-hybridized carbons (Fsp3) is 0.261. The highest BCUT2D eigenvalue weighted by Gasteiger charge is 2.47. The second kappa shape index (κ2) is 10.0. The predicted octanol–water partition coefficient (Wildman–Crippen LogP) is 2.90. The lowest BCUT2D eigenvalue weighted by atomic mass is 9.94. The maximum Gasteiger partial charge on any atom is 0.303 e. The lowest BCUT2D eigenvalue weighted by Crippen LogP contribution is -2.31. The van der Waals surface area contributed by atoms with E-state index in [-0.39, 0.29) is 42.0 Å². The van der Waals surface area contributed by atoms with Crippen LogP contribution in [0.3, 0.4) is 0 Å². The number of ether oxygens (including phenoxy) is 2. The SMILES string of the molecule is COc1ccc([C@@H]2/C(=C(\O)c3ccc([N+](=O)[O-])cc3)C(=O)C(=O)N2CCCC(=O)O)c(OC)c1. The molecule has 2 aromatic rings. The number of methoxy groups -OCH3 is 2. The molecule has 34 heavy (non-hydrogen) atoms. The van der Waals surface area contributed by atoms with Crippen LogP contribution in [-0.2, 0) is 14.4 Å². The van der Waals surface area contributed by atoms with E-state index in [2.05, 4.69) is 0 Å². The number of ketones is 1. The smallest absolute Gasteiger partial charge is 0.303 e. The van der Waals surface area contributed by atoms with Gasteiger partial charge in [-0.1, -0.05) is 0 Å². The van der Waals surface area contributed by atoms with Gasteiger partial charge in [0.15, 0.2) is 0 Å². The van der Waals surface area contributed by atoms with E-state index in [1.165, 1.54) is 43.4 Å². The molecule has 0 bridgehead atoms. The number of nitro groups is 1. The number of amides is 1. The maximum atomic E-state index is 13.0. The molecule has 178 valence electrons. The first-order chi connectivity index (χ1) is 16.2. The number of nitro benzene ring substituents is 1. The largest absolute Gasteiger partial charge is 0.507 e. The molecule has 0 aliphatic carbocycles. The molecule has 1 saturated heterocycles. The van der Waals surface area contributed by atoms with Gasteiger partial charge in [-0.2, -0.15) is 0 Å². The summed E-state index contributed by atoms with van der Waals surface area (Å²) in [6, 6.07) is 8.54. The van der Waals surface area contributed by atoms with Crippen molar-refractivity contribution in [2.24, 2.45) is 0 Å². The van der Waals surface area contributed by atoms with Gasteiger partial charge in [-0.3, -0.25) is 24.5 Å². The van der Waals surface area contributed by atoms with Crippen LogP contribution in [0.2, 0.25) is 0 Å². The highest BCUT2D eigenvalue weighted by atomic mass is 16.6. The Morgan fingerprint density at radius 1 is 1.09 bits per heavy atom. The van der Waals surface area contributed by atoms with Crippen LogP contribution in [-0.4, -0.2) is 58.5 Å². The van der Waals surface area contributed by atoms with Crippen LogP contribution in [0, 0.1) is 10.1 Å². The van der Waals surface area contributed by atoms with Crippen LogP contribution in [0.1, 0.15) is 30.0 Å². The number of carboxylic acids is 1. The Morgan fingerprint density at radius 2 is 1.76 bits per heavy atom. The second-order valence-electron chi connectivity index (χ2n) is 7.40. The number of hydrogen-bond acceptors (Lipinski definition) is 8. The quantitative estimate of drug-likeness (QED) is 0.185. The van der Waals surface area contributed by atoms with Gasteiger partial charge in [-0.15, -0.1) is 0 Å². The molecule has 1 heterocycles. The molecular weight excluding hydrogens is 448 g/mol. The minimum absolute atomic E-state index is 0.0617. The molecule has 0 aromatic heterocycles. The third kappa shape index (κ3) is 4.68. The summed E-state index contributed by atoms with van der Waals surface area (Å²) in [5.74, 6) is -2.70. The number of likely N-dealkylation sites (tertiary alicyclic amines) is 1. The average molecular weight is 470 g/mol. The summed E-state index contributed by atoms with van der Waals surface area (Å²) in [4.78, 5) is 48.4. The van der Waals surface area contributed by atoms with E-state index in [1.807, 2.05) is 0 Å². The van der Waals surface area contributed by atoms with Crippen LogP contribution in [0.5, 0.6) is 11.5 Å². The van der Waals surface area contributed by atoms with E-state index in [4.69, 9.17) is 14.6 Å². The number of Topliss-reactive ketones (excluding diaryl/α,β-unsaturated/α-hetero) is 1. The molecule has 1 aliphatic rings. The summed E-state index contributed by atoms with van der Waals surface area (Å²) in [7, 11) is 2.85. The molecule has 1 amide bonds. The summed E-state index contributed by atoms with van der Waals surface area (Å²) in [5, 5.41) is 30.9. The minimum atomic E-state index is -1.08. The van der Waals surface area contributed by atoms with Crippen molar-refractivity contribution in [3.05, 3.63) is 69.3 Å².